The molecule has 1 aliphatic rings. The van der Waals surface area contributed by atoms with E-state index >= 15 is 0 Å². The summed E-state index contributed by atoms with van der Waals surface area (Å²) in [5.41, 5.74) is 0. The van der Waals surface area contributed by atoms with Crippen LogP contribution in [0.25, 0.3) is 0 Å². The van der Waals surface area contributed by atoms with Crippen molar-refractivity contribution >= 4 is 0 Å². The second-order valence-electron chi connectivity index (χ2n) is 2.94. The maximum Gasteiger partial charge on any atom is 2.00 e. The molecule has 0 aromatic rings. The molecule has 0 aliphatic heterocycles. The molecule has 1 saturated carbocycles. The molecule has 1 fully saturated rings. The molecule has 92 valence electrons. The number of rotatable bonds is 0. The number of hydrogen-bond acceptors (Lipinski definition) is 6. The average Bonchev–Trinajstić information content (AvgIpc) is 2.08. The minimum atomic E-state index is -1.64. The van der Waals surface area contributed by atoms with Gasteiger partial charge < -0.3 is 30.6 Å². The summed E-state index contributed by atoms with van der Waals surface area (Å²) in [5, 5.41) is 53.8. The van der Waals surface area contributed by atoms with E-state index in [1.807, 2.05) is 0 Å². The molecule has 6 N–H and O–H groups in total. The van der Waals surface area contributed by atoms with E-state index in [1.165, 1.54) is 0 Å². The Morgan fingerprint density at radius 2 is 0.500 bits per heavy atom. The van der Waals surface area contributed by atoms with Gasteiger partial charge in [0.1, 0.15) is 36.6 Å². The molecule has 1 aliphatic carbocycles. The minimum absolute atomic E-state index is 0. The normalized spacial score (nSPS) is 47.6. The Morgan fingerprint density at radius 1 is 0.429 bits per heavy atom. The quantitative estimate of drug-likeness (QED) is 0.255. The van der Waals surface area contributed by atoms with Crippen molar-refractivity contribution in [2.24, 2.45) is 0 Å². The van der Waals surface area contributed by atoms with Crippen LogP contribution >= 0.6 is 0 Å². The van der Waals surface area contributed by atoms with E-state index in [-0.39, 0.29) is 34.1 Å². The summed E-state index contributed by atoms with van der Waals surface area (Å²) in [6.07, 6.45) is -9.84. The molecule has 0 bridgehead atoms. The van der Waals surface area contributed by atoms with Crippen LogP contribution in [0, 0.1) is 0 Å². The van der Waals surface area contributed by atoms with E-state index in [0.29, 0.717) is 0 Å². The van der Waals surface area contributed by atoms with Crippen LogP contribution in [-0.4, -0.2) is 67.3 Å². The molecular weight excluding hydrogens is 295 g/mol. The molecule has 0 aromatic carbocycles. The summed E-state index contributed by atoms with van der Waals surface area (Å²) in [7, 11) is 0. The molecule has 1 rings (SSSR count). The van der Waals surface area contributed by atoms with Crippen LogP contribution < -0.4 is 0 Å². The predicted octanol–water partition coefficient (Wildman–Crippen LogP) is -3.84. The number of hydrogen-bond donors (Lipinski definition) is 6. The van der Waals surface area contributed by atoms with Gasteiger partial charge in [-0.15, -0.1) is 0 Å². The Hall–Kier alpha value is 0.799. The summed E-state index contributed by atoms with van der Waals surface area (Å²) >= 11 is 0. The zero-order valence-corrected chi connectivity index (χ0v) is 8.63. The summed E-state index contributed by atoms with van der Waals surface area (Å²) in [4.78, 5) is 0. The molecule has 0 unspecified atom stereocenters. The first-order valence-corrected chi connectivity index (χ1v) is 3.55. The molecule has 8 heteroatoms. The molecule has 0 aromatic heterocycles. The Morgan fingerprint density at radius 3 is 0.571 bits per heavy atom. The SMILES string of the molecule is OC1C(O)C(O)C(O)C(O)C1O.[Cu+2].[Cu]. The van der Waals surface area contributed by atoms with Crippen molar-refractivity contribution in [3.05, 3.63) is 0 Å². The Labute approximate surface area is 102 Å². The molecule has 0 spiro atoms. The Bertz CT molecular complexity index is 112. The Balaban J connectivity index is 0. The summed E-state index contributed by atoms with van der Waals surface area (Å²) in [6.45, 7) is 0. The monoisotopic (exact) mass is 306 g/mol. The van der Waals surface area contributed by atoms with Gasteiger partial charge in [0.2, 0.25) is 0 Å². The van der Waals surface area contributed by atoms with Crippen LogP contribution in [-0.2, 0) is 34.1 Å². The van der Waals surface area contributed by atoms with Crippen molar-refractivity contribution < 1.29 is 64.8 Å². The van der Waals surface area contributed by atoms with Crippen LogP contribution in [0.4, 0.5) is 0 Å². The fourth-order valence-electron chi connectivity index (χ4n) is 1.21. The van der Waals surface area contributed by atoms with Gasteiger partial charge in [-0.2, -0.15) is 0 Å². The van der Waals surface area contributed by atoms with Gasteiger partial charge in [-0.25, -0.2) is 0 Å². The smallest absolute Gasteiger partial charge is 0.387 e. The van der Waals surface area contributed by atoms with Crippen molar-refractivity contribution in [2.45, 2.75) is 36.6 Å². The fourth-order valence-corrected chi connectivity index (χ4v) is 1.21. The standard InChI is InChI=1S/C6H12O6.2Cu/c7-1-2(8)4(10)6(12)5(11)3(1)9;;/h1-12H;;/q;;+2. The van der Waals surface area contributed by atoms with Gasteiger partial charge in [-0.3, -0.25) is 0 Å². The third-order valence-corrected chi connectivity index (χ3v) is 2.10. The van der Waals surface area contributed by atoms with Crippen LogP contribution in [0.5, 0.6) is 0 Å². The first kappa shape index (κ1) is 17.2. The second kappa shape index (κ2) is 6.40. The molecular formula is C6H12Cu2O6+2. The van der Waals surface area contributed by atoms with E-state index in [4.69, 9.17) is 30.6 Å². The van der Waals surface area contributed by atoms with E-state index in [1.54, 1.807) is 0 Å². The molecule has 0 atom stereocenters. The molecule has 0 heterocycles. The summed E-state index contributed by atoms with van der Waals surface area (Å²) in [5.74, 6) is 0. The zero-order chi connectivity index (χ0) is 9.46. The van der Waals surface area contributed by atoms with Crippen molar-refractivity contribution in [1.29, 1.82) is 0 Å². The van der Waals surface area contributed by atoms with Gasteiger partial charge in [0.05, 0.1) is 0 Å². The number of aliphatic hydroxyl groups is 6. The third kappa shape index (κ3) is 2.90. The predicted molar refractivity (Wildman–Crippen MR) is 36.0 cm³/mol. The van der Waals surface area contributed by atoms with Gasteiger partial charge >= 0.3 is 17.1 Å². The van der Waals surface area contributed by atoms with E-state index in [0.717, 1.165) is 0 Å². The summed E-state index contributed by atoms with van der Waals surface area (Å²) in [6, 6.07) is 0. The van der Waals surface area contributed by atoms with Crippen LogP contribution in [0.3, 0.4) is 0 Å². The van der Waals surface area contributed by atoms with Gasteiger partial charge in [0.15, 0.2) is 0 Å². The first-order valence-electron chi connectivity index (χ1n) is 3.55. The van der Waals surface area contributed by atoms with Gasteiger partial charge in [-0.1, -0.05) is 0 Å². The van der Waals surface area contributed by atoms with Gasteiger partial charge in [0.25, 0.3) is 0 Å². The largest absolute Gasteiger partial charge is 2.00 e. The first-order chi connectivity index (χ1) is 5.46. The van der Waals surface area contributed by atoms with Crippen molar-refractivity contribution in [3.8, 4) is 0 Å². The van der Waals surface area contributed by atoms with E-state index < -0.39 is 36.6 Å². The van der Waals surface area contributed by atoms with Crippen molar-refractivity contribution in [2.75, 3.05) is 0 Å². The van der Waals surface area contributed by atoms with Gasteiger partial charge in [-0.05, 0) is 0 Å². The zero-order valence-electron chi connectivity index (χ0n) is 6.75. The number of aliphatic hydroxyl groups excluding tert-OH is 6. The van der Waals surface area contributed by atoms with Crippen molar-refractivity contribution in [3.63, 3.8) is 0 Å². The minimum Gasteiger partial charge on any atom is -0.387 e. The molecule has 14 heavy (non-hydrogen) atoms. The van der Waals surface area contributed by atoms with Crippen LogP contribution in [0.15, 0.2) is 0 Å². The fraction of sp³-hybridized carbons (Fsp3) is 1.00. The Kier molecular flexibility index (Phi) is 7.86. The van der Waals surface area contributed by atoms with Crippen molar-refractivity contribution in [1.82, 2.24) is 0 Å². The third-order valence-electron chi connectivity index (χ3n) is 2.10. The van der Waals surface area contributed by atoms with E-state index in [2.05, 4.69) is 0 Å². The molecule has 0 amide bonds. The maximum atomic E-state index is 8.97. The summed E-state index contributed by atoms with van der Waals surface area (Å²) < 4.78 is 0. The van der Waals surface area contributed by atoms with E-state index in [9.17, 15) is 0 Å². The molecule has 2 radical (unpaired) electrons. The van der Waals surface area contributed by atoms with Crippen LogP contribution in [0.1, 0.15) is 0 Å². The molecule has 0 saturated heterocycles. The van der Waals surface area contributed by atoms with Crippen LogP contribution in [0.2, 0.25) is 0 Å². The van der Waals surface area contributed by atoms with Gasteiger partial charge in [0, 0.05) is 17.1 Å². The maximum absolute atomic E-state index is 8.97. The second-order valence-corrected chi connectivity index (χ2v) is 2.94. The topological polar surface area (TPSA) is 121 Å². The molecule has 6 nitrogen and oxygen atoms in total. The average molecular weight is 307 g/mol.